The van der Waals surface area contributed by atoms with Crippen LogP contribution in [0.4, 0.5) is 4.39 Å². The van der Waals surface area contributed by atoms with Crippen molar-refractivity contribution in [1.29, 1.82) is 0 Å². The van der Waals surface area contributed by atoms with Gasteiger partial charge in [-0.25, -0.2) is 4.39 Å². The summed E-state index contributed by atoms with van der Waals surface area (Å²) in [4.78, 5) is 0. The second-order valence-corrected chi connectivity index (χ2v) is 5.05. The van der Waals surface area contributed by atoms with Gasteiger partial charge >= 0.3 is 0 Å². The molecule has 0 aliphatic rings. The Balaban J connectivity index is 2.06. The van der Waals surface area contributed by atoms with E-state index >= 15 is 0 Å². The van der Waals surface area contributed by atoms with Gasteiger partial charge in [-0.1, -0.05) is 29.4 Å². The molecular weight excluding hydrogens is 275 g/mol. The first-order chi connectivity index (χ1) is 8.61. The summed E-state index contributed by atoms with van der Waals surface area (Å²) >= 11 is 7.22. The molecule has 0 unspecified atom stereocenters. The van der Waals surface area contributed by atoms with Gasteiger partial charge in [0.25, 0.3) is 0 Å². The van der Waals surface area contributed by atoms with Gasteiger partial charge in [0.1, 0.15) is 11.6 Å². The molecule has 4 nitrogen and oxygen atoms in total. The zero-order valence-electron chi connectivity index (χ0n) is 9.73. The van der Waals surface area contributed by atoms with Crippen LogP contribution in [0.2, 0.25) is 5.02 Å². The van der Waals surface area contributed by atoms with Crippen LogP contribution in [-0.2, 0) is 19.3 Å². The number of nitrogens with zero attached hydrogens (tertiary/aromatic N) is 3. The van der Waals surface area contributed by atoms with E-state index in [0.29, 0.717) is 12.3 Å². The Kier molecular flexibility index (Phi) is 4.21. The molecule has 2 rings (SSSR count). The first-order valence-corrected chi connectivity index (χ1v) is 6.63. The average Bonchev–Trinajstić information content (AvgIpc) is 2.72. The van der Waals surface area contributed by atoms with Crippen molar-refractivity contribution in [1.82, 2.24) is 14.8 Å². The summed E-state index contributed by atoms with van der Waals surface area (Å²) in [5.41, 5.74) is 6.45. The maximum Gasteiger partial charge on any atom is 0.191 e. The van der Waals surface area contributed by atoms with Crippen LogP contribution >= 0.6 is 23.4 Å². The Hall–Kier alpha value is -1.11. The van der Waals surface area contributed by atoms with E-state index in [1.165, 1.54) is 17.8 Å². The van der Waals surface area contributed by atoms with Crippen LogP contribution in [0.5, 0.6) is 0 Å². The molecule has 2 aromatic rings. The van der Waals surface area contributed by atoms with Crippen molar-refractivity contribution in [3.05, 3.63) is 40.4 Å². The summed E-state index contributed by atoms with van der Waals surface area (Å²) in [7, 11) is 1.86. The number of hydrogen-bond acceptors (Lipinski definition) is 4. The number of nitrogens with two attached hydrogens (primary N) is 1. The number of hydrogen-bond donors (Lipinski definition) is 1. The lowest BCUT2D eigenvalue weighted by molar-refractivity contribution is 0.628. The topological polar surface area (TPSA) is 56.7 Å². The summed E-state index contributed by atoms with van der Waals surface area (Å²) < 4.78 is 14.8. The third-order valence-corrected chi connectivity index (χ3v) is 3.84. The molecule has 1 aromatic heterocycles. The molecule has 0 aliphatic heterocycles. The summed E-state index contributed by atoms with van der Waals surface area (Å²) in [5, 5.41) is 8.90. The van der Waals surface area contributed by atoms with Crippen LogP contribution in [0.3, 0.4) is 0 Å². The minimum absolute atomic E-state index is 0.133. The van der Waals surface area contributed by atoms with E-state index in [1.807, 2.05) is 11.6 Å². The van der Waals surface area contributed by atoms with E-state index in [0.717, 1.165) is 16.5 Å². The predicted octanol–water partition coefficient (Wildman–Crippen LogP) is 2.36. The number of aromatic nitrogens is 3. The molecule has 7 heteroatoms. The maximum absolute atomic E-state index is 13.0. The SMILES string of the molecule is Cn1c(CN)nnc1SCc1ccc(F)c(Cl)c1. The Labute approximate surface area is 113 Å². The fourth-order valence-electron chi connectivity index (χ4n) is 1.43. The van der Waals surface area contributed by atoms with E-state index in [-0.39, 0.29) is 5.02 Å². The molecule has 0 amide bonds. The number of benzene rings is 1. The first-order valence-electron chi connectivity index (χ1n) is 5.27. The van der Waals surface area contributed by atoms with Gasteiger partial charge in [0.05, 0.1) is 11.6 Å². The van der Waals surface area contributed by atoms with Gasteiger partial charge < -0.3 is 10.3 Å². The van der Waals surface area contributed by atoms with Crippen molar-refractivity contribution in [3.63, 3.8) is 0 Å². The van der Waals surface area contributed by atoms with Gasteiger partial charge in [0.2, 0.25) is 0 Å². The predicted molar refractivity (Wildman–Crippen MR) is 69.9 cm³/mol. The van der Waals surface area contributed by atoms with Gasteiger partial charge in [-0.3, -0.25) is 0 Å². The van der Waals surface area contributed by atoms with E-state index in [9.17, 15) is 4.39 Å². The van der Waals surface area contributed by atoms with Crippen molar-refractivity contribution in [2.24, 2.45) is 12.8 Å². The Morgan fingerprint density at radius 2 is 2.22 bits per heavy atom. The van der Waals surface area contributed by atoms with Crippen molar-refractivity contribution in [2.75, 3.05) is 0 Å². The lowest BCUT2D eigenvalue weighted by atomic mass is 10.2. The zero-order chi connectivity index (χ0) is 13.1. The molecule has 18 heavy (non-hydrogen) atoms. The lowest BCUT2D eigenvalue weighted by Gasteiger charge is -2.03. The van der Waals surface area contributed by atoms with E-state index in [1.54, 1.807) is 12.1 Å². The Morgan fingerprint density at radius 3 is 2.83 bits per heavy atom. The largest absolute Gasteiger partial charge is 0.324 e. The second-order valence-electron chi connectivity index (χ2n) is 3.70. The maximum atomic E-state index is 13.0. The summed E-state index contributed by atoms with van der Waals surface area (Å²) in [5.74, 6) is 0.973. The van der Waals surface area contributed by atoms with Crippen LogP contribution in [0.1, 0.15) is 11.4 Å². The van der Waals surface area contributed by atoms with Gasteiger partial charge in [-0.15, -0.1) is 10.2 Å². The van der Waals surface area contributed by atoms with E-state index < -0.39 is 5.82 Å². The summed E-state index contributed by atoms with van der Waals surface area (Å²) in [6, 6.07) is 4.68. The summed E-state index contributed by atoms with van der Waals surface area (Å²) in [6.07, 6.45) is 0. The van der Waals surface area contributed by atoms with Crippen LogP contribution in [-0.4, -0.2) is 14.8 Å². The standard InChI is InChI=1S/C11H12ClFN4S/c1-17-10(5-14)15-16-11(17)18-6-7-2-3-9(13)8(12)4-7/h2-4H,5-6,14H2,1H3. The molecule has 0 saturated carbocycles. The molecule has 96 valence electrons. The minimum Gasteiger partial charge on any atom is -0.324 e. The highest BCUT2D eigenvalue weighted by molar-refractivity contribution is 7.98. The quantitative estimate of drug-likeness (QED) is 0.877. The van der Waals surface area contributed by atoms with Crippen LogP contribution < -0.4 is 5.73 Å². The first kappa shape index (κ1) is 13.3. The number of halogens is 2. The highest BCUT2D eigenvalue weighted by Gasteiger charge is 2.08. The normalized spacial score (nSPS) is 10.9. The van der Waals surface area contributed by atoms with E-state index in [2.05, 4.69) is 10.2 Å². The lowest BCUT2D eigenvalue weighted by Crippen LogP contribution is -2.05. The molecular formula is C11H12ClFN4S. The smallest absolute Gasteiger partial charge is 0.191 e. The monoisotopic (exact) mass is 286 g/mol. The van der Waals surface area contributed by atoms with Crippen LogP contribution in [0.25, 0.3) is 0 Å². The molecule has 1 aromatic carbocycles. The van der Waals surface area contributed by atoms with Gasteiger partial charge in [-0.2, -0.15) is 0 Å². The second kappa shape index (κ2) is 5.69. The van der Waals surface area contributed by atoms with Gasteiger partial charge in [0.15, 0.2) is 5.16 Å². The highest BCUT2D eigenvalue weighted by Crippen LogP contribution is 2.23. The van der Waals surface area contributed by atoms with E-state index in [4.69, 9.17) is 17.3 Å². The minimum atomic E-state index is -0.408. The van der Waals surface area contributed by atoms with Gasteiger partial charge in [0, 0.05) is 12.8 Å². The highest BCUT2D eigenvalue weighted by atomic mass is 35.5. The third kappa shape index (κ3) is 2.82. The fraction of sp³-hybridized carbons (Fsp3) is 0.273. The van der Waals surface area contributed by atoms with Crippen molar-refractivity contribution >= 4 is 23.4 Å². The molecule has 0 spiro atoms. The molecule has 0 atom stereocenters. The van der Waals surface area contributed by atoms with Gasteiger partial charge in [-0.05, 0) is 17.7 Å². The molecule has 0 aliphatic carbocycles. The molecule has 2 N–H and O–H groups in total. The fourth-order valence-corrected chi connectivity index (χ4v) is 2.50. The number of rotatable bonds is 4. The molecule has 0 radical (unpaired) electrons. The summed E-state index contributed by atoms with van der Waals surface area (Å²) in [6.45, 7) is 0.354. The third-order valence-electron chi connectivity index (χ3n) is 2.46. The number of thioether (sulfide) groups is 1. The Morgan fingerprint density at radius 1 is 1.44 bits per heavy atom. The van der Waals surface area contributed by atoms with Crippen molar-refractivity contribution < 1.29 is 4.39 Å². The van der Waals surface area contributed by atoms with Crippen molar-refractivity contribution in [3.8, 4) is 0 Å². The van der Waals surface area contributed by atoms with Crippen molar-refractivity contribution in [2.45, 2.75) is 17.5 Å². The molecule has 0 bridgehead atoms. The molecule has 0 saturated heterocycles. The molecule has 0 fully saturated rings. The zero-order valence-corrected chi connectivity index (χ0v) is 11.3. The average molecular weight is 287 g/mol. The van der Waals surface area contributed by atoms with Crippen LogP contribution in [0, 0.1) is 5.82 Å². The van der Waals surface area contributed by atoms with Crippen LogP contribution in [0.15, 0.2) is 23.4 Å². The Bertz CT molecular complexity index is 558. The molecule has 1 heterocycles.